The first-order chi connectivity index (χ1) is 13.2. The van der Waals surface area contributed by atoms with E-state index in [0.717, 1.165) is 31.2 Å². The van der Waals surface area contributed by atoms with E-state index in [1.54, 1.807) is 11.3 Å². The van der Waals surface area contributed by atoms with Gasteiger partial charge in [-0.05, 0) is 23.1 Å². The molecule has 1 aliphatic heterocycles. The summed E-state index contributed by atoms with van der Waals surface area (Å²) in [6.45, 7) is 8.41. The standard InChI is InChI=1S/C22H26N4S/c1-16(2)17-5-7-18(8-6-17)22-25-13-20(27-22)15-26-11-10-24-14-21(26)19-4-3-9-23-12-19/h3-9,12-13,16,21,24H,10-11,14-15H2,1-2H3. The molecule has 0 bridgehead atoms. The number of nitrogens with zero attached hydrogens (tertiary/aromatic N) is 3. The molecule has 2 aromatic heterocycles. The van der Waals surface area contributed by atoms with Gasteiger partial charge in [-0.1, -0.05) is 44.2 Å². The van der Waals surface area contributed by atoms with Crippen molar-refractivity contribution in [1.29, 1.82) is 0 Å². The molecule has 5 heteroatoms. The summed E-state index contributed by atoms with van der Waals surface area (Å²) < 4.78 is 0. The Balaban J connectivity index is 1.49. The van der Waals surface area contributed by atoms with Gasteiger partial charge < -0.3 is 5.32 Å². The van der Waals surface area contributed by atoms with Crippen LogP contribution < -0.4 is 5.32 Å². The highest BCUT2D eigenvalue weighted by Crippen LogP contribution is 2.30. The van der Waals surface area contributed by atoms with Crippen LogP contribution in [-0.4, -0.2) is 34.5 Å². The van der Waals surface area contributed by atoms with E-state index in [0.29, 0.717) is 12.0 Å². The van der Waals surface area contributed by atoms with Gasteiger partial charge in [0.05, 0.1) is 0 Å². The quantitative estimate of drug-likeness (QED) is 0.711. The molecule has 0 spiro atoms. The third kappa shape index (κ3) is 4.26. The van der Waals surface area contributed by atoms with Gasteiger partial charge in [0.1, 0.15) is 5.01 Å². The average Bonchev–Trinajstić information content (AvgIpc) is 3.18. The van der Waals surface area contributed by atoms with Gasteiger partial charge in [0.2, 0.25) is 0 Å². The number of aromatic nitrogens is 2. The lowest BCUT2D eigenvalue weighted by Crippen LogP contribution is -2.45. The summed E-state index contributed by atoms with van der Waals surface area (Å²) in [7, 11) is 0. The van der Waals surface area contributed by atoms with Gasteiger partial charge in [-0.25, -0.2) is 4.98 Å². The van der Waals surface area contributed by atoms with E-state index in [2.05, 4.69) is 64.4 Å². The molecule has 27 heavy (non-hydrogen) atoms. The molecular formula is C22H26N4S. The Morgan fingerprint density at radius 1 is 1.19 bits per heavy atom. The Hall–Kier alpha value is -2.08. The Bertz CT molecular complexity index is 858. The zero-order chi connectivity index (χ0) is 18.6. The van der Waals surface area contributed by atoms with Crippen LogP contribution in [0.1, 0.15) is 41.8 Å². The molecular weight excluding hydrogens is 352 g/mol. The number of rotatable bonds is 5. The number of thiazole rings is 1. The van der Waals surface area contributed by atoms with E-state index in [1.165, 1.54) is 21.6 Å². The zero-order valence-corrected chi connectivity index (χ0v) is 16.7. The Labute approximate surface area is 165 Å². The lowest BCUT2D eigenvalue weighted by Gasteiger charge is -2.35. The lowest BCUT2D eigenvalue weighted by molar-refractivity contribution is 0.155. The minimum Gasteiger partial charge on any atom is -0.314 e. The first kappa shape index (κ1) is 18.3. The Morgan fingerprint density at radius 2 is 2.04 bits per heavy atom. The molecule has 1 fully saturated rings. The van der Waals surface area contributed by atoms with Crippen LogP contribution in [0.25, 0.3) is 10.6 Å². The normalized spacial score (nSPS) is 18.1. The van der Waals surface area contributed by atoms with E-state index in [1.807, 2.05) is 24.7 Å². The minimum atomic E-state index is 0.364. The Kier molecular flexibility index (Phi) is 5.62. The van der Waals surface area contributed by atoms with Crippen molar-refractivity contribution in [3.63, 3.8) is 0 Å². The van der Waals surface area contributed by atoms with E-state index >= 15 is 0 Å². The lowest BCUT2D eigenvalue weighted by atomic mass is 10.0. The van der Waals surface area contributed by atoms with Crippen molar-refractivity contribution in [1.82, 2.24) is 20.2 Å². The molecule has 1 saturated heterocycles. The number of benzene rings is 1. The van der Waals surface area contributed by atoms with Gasteiger partial charge >= 0.3 is 0 Å². The van der Waals surface area contributed by atoms with Gasteiger partial charge in [-0.2, -0.15) is 0 Å². The van der Waals surface area contributed by atoms with Crippen molar-refractivity contribution in [3.05, 3.63) is 71.0 Å². The van der Waals surface area contributed by atoms with Crippen LogP contribution >= 0.6 is 11.3 Å². The monoisotopic (exact) mass is 378 g/mol. The van der Waals surface area contributed by atoms with Crippen LogP contribution in [0.15, 0.2) is 55.0 Å². The number of pyridine rings is 1. The molecule has 140 valence electrons. The summed E-state index contributed by atoms with van der Waals surface area (Å²) in [4.78, 5) is 12.8. The molecule has 1 unspecified atom stereocenters. The van der Waals surface area contributed by atoms with Crippen LogP contribution in [0.5, 0.6) is 0 Å². The van der Waals surface area contributed by atoms with Gasteiger partial charge in [0, 0.05) is 61.3 Å². The second-order valence-corrected chi connectivity index (χ2v) is 8.50. The first-order valence-corrected chi connectivity index (χ1v) is 10.4. The SMILES string of the molecule is CC(C)c1ccc(-c2ncc(CN3CCNCC3c3cccnc3)s2)cc1. The second-order valence-electron chi connectivity index (χ2n) is 7.39. The number of piperazine rings is 1. The summed E-state index contributed by atoms with van der Waals surface area (Å²) in [6, 6.07) is 13.4. The van der Waals surface area contributed by atoms with Crippen LogP contribution in [0.4, 0.5) is 0 Å². The second kappa shape index (κ2) is 8.30. The van der Waals surface area contributed by atoms with E-state index in [4.69, 9.17) is 0 Å². The summed E-state index contributed by atoms with van der Waals surface area (Å²) in [5.41, 5.74) is 3.86. The van der Waals surface area contributed by atoms with Crippen LogP contribution in [0.2, 0.25) is 0 Å². The smallest absolute Gasteiger partial charge is 0.123 e. The summed E-state index contributed by atoms with van der Waals surface area (Å²) >= 11 is 1.80. The molecule has 1 N–H and O–H groups in total. The van der Waals surface area contributed by atoms with Crippen LogP contribution in [-0.2, 0) is 6.54 Å². The van der Waals surface area contributed by atoms with E-state index < -0.39 is 0 Å². The fraction of sp³-hybridized carbons (Fsp3) is 0.364. The van der Waals surface area contributed by atoms with Crippen molar-refractivity contribution in [2.45, 2.75) is 32.4 Å². The molecule has 0 amide bonds. The van der Waals surface area contributed by atoms with Gasteiger partial charge in [0.15, 0.2) is 0 Å². The molecule has 3 aromatic rings. The Morgan fingerprint density at radius 3 is 2.78 bits per heavy atom. The maximum atomic E-state index is 4.69. The maximum absolute atomic E-state index is 4.69. The highest BCUT2D eigenvalue weighted by atomic mass is 32.1. The predicted molar refractivity (Wildman–Crippen MR) is 112 cm³/mol. The highest BCUT2D eigenvalue weighted by Gasteiger charge is 2.24. The molecule has 3 heterocycles. The number of hydrogen-bond donors (Lipinski definition) is 1. The minimum absolute atomic E-state index is 0.364. The molecule has 0 aliphatic carbocycles. The van der Waals surface area contributed by atoms with Crippen molar-refractivity contribution in [2.75, 3.05) is 19.6 Å². The number of nitrogens with one attached hydrogen (secondary N) is 1. The molecule has 4 nitrogen and oxygen atoms in total. The van der Waals surface area contributed by atoms with E-state index in [9.17, 15) is 0 Å². The van der Waals surface area contributed by atoms with E-state index in [-0.39, 0.29) is 0 Å². The molecule has 1 aromatic carbocycles. The first-order valence-electron chi connectivity index (χ1n) is 9.60. The highest BCUT2D eigenvalue weighted by molar-refractivity contribution is 7.15. The fourth-order valence-electron chi connectivity index (χ4n) is 3.56. The van der Waals surface area contributed by atoms with Gasteiger partial charge in [0.25, 0.3) is 0 Å². The topological polar surface area (TPSA) is 41.1 Å². The fourth-order valence-corrected chi connectivity index (χ4v) is 4.51. The average molecular weight is 379 g/mol. The molecule has 4 rings (SSSR count). The maximum Gasteiger partial charge on any atom is 0.123 e. The third-order valence-electron chi connectivity index (χ3n) is 5.16. The molecule has 1 atom stereocenters. The van der Waals surface area contributed by atoms with Crippen molar-refractivity contribution >= 4 is 11.3 Å². The number of hydrogen-bond acceptors (Lipinski definition) is 5. The molecule has 0 radical (unpaired) electrons. The summed E-state index contributed by atoms with van der Waals surface area (Å²) in [6.07, 6.45) is 5.86. The zero-order valence-electron chi connectivity index (χ0n) is 15.9. The van der Waals surface area contributed by atoms with Gasteiger partial charge in [-0.15, -0.1) is 11.3 Å². The van der Waals surface area contributed by atoms with Gasteiger partial charge in [-0.3, -0.25) is 9.88 Å². The molecule has 0 saturated carbocycles. The predicted octanol–water partition coefficient (Wildman–Crippen LogP) is 4.48. The largest absolute Gasteiger partial charge is 0.314 e. The van der Waals surface area contributed by atoms with Crippen molar-refractivity contribution < 1.29 is 0 Å². The molecule has 1 aliphatic rings. The van der Waals surface area contributed by atoms with Crippen LogP contribution in [0.3, 0.4) is 0 Å². The van der Waals surface area contributed by atoms with Crippen molar-refractivity contribution in [2.24, 2.45) is 0 Å². The van der Waals surface area contributed by atoms with Crippen LogP contribution in [0, 0.1) is 0 Å². The summed E-state index contributed by atoms with van der Waals surface area (Å²) in [5, 5.41) is 4.62. The summed E-state index contributed by atoms with van der Waals surface area (Å²) in [5.74, 6) is 0.558. The third-order valence-corrected chi connectivity index (χ3v) is 6.19. The van der Waals surface area contributed by atoms with Crippen molar-refractivity contribution in [3.8, 4) is 10.6 Å².